The van der Waals surface area contributed by atoms with Gasteiger partial charge in [-0.2, -0.15) is 9.97 Å². The molecular weight excluding hydrogens is 532 g/mol. The van der Waals surface area contributed by atoms with Crippen LogP contribution in [0.2, 0.25) is 0 Å². The van der Waals surface area contributed by atoms with E-state index in [0.29, 0.717) is 29.9 Å². The predicted octanol–water partition coefficient (Wildman–Crippen LogP) is 1.39. The number of carboxylic acid groups (broad SMARTS) is 2. The molecule has 2 amide bonds. The first-order valence-electron chi connectivity index (χ1n) is 12.6. The Morgan fingerprint density at radius 2 is 1.66 bits per heavy atom. The van der Waals surface area contributed by atoms with Crippen molar-refractivity contribution < 1.29 is 29.4 Å². The third-order valence-electron chi connectivity index (χ3n) is 6.36. The smallest absolute Gasteiger partial charge is 0.354 e. The molecule has 0 unspecified atom stereocenters. The van der Waals surface area contributed by atoms with Crippen molar-refractivity contribution >= 4 is 46.6 Å². The van der Waals surface area contributed by atoms with Crippen LogP contribution in [0.3, 0.4) is 0 Å². The lowest BCUT2D eigenvalue weighted by Gasteiger charge is -2.15. The largest absolute Gasteiger partial charge is 0.480 e. The summed E-state index contributed by atoms with van der Waals surface area (Å²) >= 11 is 0. The van der Waals surface area contributed by atoms with Gasteiger partial charge in [0.05, 0.1) is 10.9 Å². The number of nitrogens with two attached hydrogens (primary N) is 2. The van der Waals surface area contributed by atoms with Crippen LogP contribution >= 0.6 is 0 Å². The SMILES string of the molecule is Nc1nc(N)c2c(CCc3ccc(C(=O)N[C@@H](CCCNC(=O)c4ccc(C(=O)O)nc4)C(=O)O)cc3)c[nH]c2n1. The number of fused-ring (bicyclic) bond motifs is 1. The third-order valence-corrected chi connectivity index (χ3v) is 6.36. The Bertz CT molecular complexity index is 1580. The summed E-state index contributed by atoms with van der Waals surface area (Å²) in [7, 11) is 0. The number of pyridine rings is 1. The number of aromatic nitrogens is 4. The van der Waals surface area contributed by atoms with E-state index in [9.17, 15) is 24.3 Å². The average Bonchev–Trinajstić information content (AvgIpc) is 3.36. The Morgan fingerprint density at radius 3 is 2.32 bits per heavy atom. The van der Waals surface area contributed by atoms with E-state index in [1.54, 1.807) is 24.3 Å². The number of aryl methyl sites for hydroxylation is 2. The monoisotopic (exact) mass is 560 g/mol. The third kappa shape index (κ3) is 7.11. The van der Waals surface area contributed by atoms with Gasteiger partial charge < -0.3 is 37.3 Å². The number of aliphatic carboxylic acids is 1. The highest BCUT2D eigenvalue weighted by Crippen LogP contribution is 2.24. The highest BCUT2D eigenvalue weighted by molar-refractivity contribution is 5.97. The molecule has 41 heavy (non-hydrogen) atoms. The molecule has 0 fully saturated rings. The molecule has 9 N–H and O–H groups in total. The number of amides is 2. The van der Waals surface area contributed by atoms with Gasteiger partial charge in [-0.25, -0.2) is 14.6 Å². The molecule has 4 rings (SSSR count). The number of rotatable bonds is 12. The number of H-pyrrole nitrogens is 1. The minimum Gasteiger partial charge on any atom is -0.480 e. The van der Waals surface area contributed by atoms with Gasteiger partial charge in [-0.05, 0) is 61.1 Å². The van der Waals surface area contributed by atoms with Crippen molar-refractivity contribution in [2.75, 3.05) is 18.0 Å². The fourth-order valence-electron chi connectivity index (χ4n) is 4.21. The van der Waals surface area contributed by atoms with Crippen molar-refractivity contribution in [2.45, 2.75) is 31.7 Å². The molecule has 0 saturated carbocycles. The lowest BCUT2D eigenvalue weighted by atomic mass is 10.0. The number of carbonyl (C=O) groups excluding carboxylic acids is 2. The molecule has 4 aromatic rings. The summed E-state index contributed by atoms with van der Waals surface area (Å²) in [6.07, 6.45) is 4.61. The van der Waals surface area contributed by atoms with Crippen LogP contribution in [0.15, 0.2) is 48.8 Å². The van der Waals surface area contributed by atoms with Crippen molar-refractivity contribution in [1.29, 1.82) is 0 Å². The standard InChI is InChI=1S/C27H28N8O6/c28-21-20-16(12-32-22(20)35-27(29)34-21)8-5-14-3-6-15(7-4-14)24(37)33-19(26(40)41)2-1-11-30-23(36)17-9-10-18(25(38)39)31-13-17/h3-4,6-7,9-10,12-13,19H,1-2,5,8,11H2,(H,30,36)(H,33,37)(H,38,39)(H,40,41)(H5,28,29,32,34,35)/t19-/m0/s1. The van der Waals surface area contributed by atoms with Crippen LogP contribution in [0.1, 0.15) is 55.2 Å². The van der Waals surface area contributed by atoms with Gasteiger partial charge in [0, 0.05) is 24.5 Å². The number of nitrogens with zero attached hydrogens (tertiary/aromatic N) is 3. The van der Waals surface area contributed by atoms with Gasteiger partial charge in [-0.3, -0.25) is 9.59 Å². The van der Waals surface area contributed by atoms with Crippen LogP contribution < -0.4 is 22.1 Å². The van der Waals surface area contributed by atoms with E-state index >= 15 is 0 Å². The van der Waals surface area contributed by atoms with Crippen molar-refractivity contribution in [3.8, 4) is 0 Å². The van der Waals surface area contributed by atoms with Crippen LogP contribution in [0, 0.1) is 0 Å². The zero-order valence-corrected chi connectivity index (χ0v) is 21.8. The lowest BCUT2D eigenvalue weighted by molar-refractivity contribution is -0.139. The number of aromatic carboxylic acids is 1. The van der Waals surface area contributed by atoms with Crippen molar-refractivity contribution in [3.63, 3.8) is 0 Å². The van der Waals surface area contributed by atoms with Crippen LogP contribution in [-0.4, -0.2) is 66.5 Å². The number of nitrogens with one attached hydrogen (secondary N) is 3. The minimum absolute atomic E-state index is 0.0821. The molecule has 14 nitrogen and oxygen atoms in total. The van der Waals surface area contributed by atoms with Crippen molar-refractivity contribution in [1.82, 2.24) is 30.6 Å². The number of carboxylic acids is 2. The Morgan fingerprint density at radius 1 is 0.927 bits per heavy atom. The molecule has 1 atom stereocenters. The quantitative estimate of drug-likeness (QED) is 0.122. The van der Waals surface area contributed by atoms with Gasteiger partial charge in [0.2, 0.25) is 5.95 Å². The highest BCUT2D eigenvalue weighted by atomic mass is 16.4. The molecular formula is C27H28N8O6. The number of carbonyl (C=O) groups is 4. The van der Waals surface area contributed by atoms with Gasteiger partial charge in [-0.1, -0.05) is 12.1 Å². The molecule has 212 valence electrons. The normalized spacial score (nSPS) is 11.6. The topological polar surface area (TPSA) is 239 Å². The summed E-state index contributed by atoms with van der Waals surface area (Å²) in [5, 5.41) is 24.3. The van der Waals surface area contributed by atoms with Crippen LogP contribution in [-0.2, 0) is 17.6 Å². The molecule has 0 aliphatic carbocycles. The number of nitrogen functional groups attached to an aromatic ring is 2. The zero-order chi connectivity index (χ0) is 29.5. The molecule has 3 heterocycles. The van der Waals surface area contributed by atoms with Crippen LogP contribution in [0.25, 0.3) is 11.0 Å². The molecule has 0 spiro atoms. The summed E-state index contributed by atoms with van der Waals surface area (Å²) in [6, 6.07) is 8.24. The van der Waals surface area contributed by atoms with Crippen LogP contribution in [0.4, 0.5) is 11.8 Å². The van der Waals surface area contributed by atoms with Crippen molar-refractivity contribution in [3.05, 3.63) is 76.7 Å². The first-order valence-corrected chi connectivity index (χ1v) is 12.6. The summed E-state index contributed by atoms with van der Waals surface area (Å²) in [6.45, 7) is 0.148. The summed E-state index contributed by atoms with van der Waals surface area (Å²) in [4.78, 5) is 62.3. The molecule has 3 aromatic heterocycles. The Hall–Kier alpha value is -5.53. The Labute approximate surface area is 233 Å². The lowest BCUT2D eigenvalue weighted by Crippen LogP contribution is -2.41. The fourth-order valence-corrected chi connectivity index (χ4v) is 4.21. The zero-order valence-electron chi connectivity index (χ0n) is 21.8. The van der Waals surface area contributed by atoms with Gasteiger partial charge in [-0.15, -0.1) is 0 Å². The second-order valence-corrected chi connectivity index (χ2v) is 9.20. The van der Waals surface area contributed by atoms with Gasteiger partial charge in [0.15, 0.2) is 0 Å². The summed E-state index contributed by atoms with van der Waals surface area (Å²) in [5.41, 5.74) is 14.4. The molecule has 0 saturated heterocycles. The first-order chi connectivity index (χ1) is 19.6. The number of anilines is 2. The van der Waals surface area contributed by atoms with Crippen molar-refractivity contribution in [2.24, 2.45) is 0 Å². The number of benzene rings is 1. The van der Waals surface area contributed by atoms with E-state index in [0.717, 1.165) is 22.7 Å². The maximum atomic E-state index is 12.7. The van der Waals surface area contributed by atoms with Crippen LogP contribution in [0.5, 0.6) is 0 Å². The van der Waals surface area contributed by atoms with E-state index in [2.05, 4.69) is 30.6 Å². The maximum Gasteiger partial charge on any atom is 0.354 e. The van der Waals surface area contributed by atoms with E-state index in [1.165, 1.54) is 12.1 Å². The predicted molar refractivity (Wildman–Crippen MR) is 148 cm³/mol. The van der Waals surface area contributed by atoms with E-state index in [1.807, 2.05) is 6.20 Å². The van der Waals surface area contributed by atoms with E-state index in [4.69, 9.17) is 16.6 Å². The Kier molecular flexibility index (Phi) is 8.72. The van der Waals surface area contributed by atoms with E-state index < -0.39 is 29.8 Å². The molecule has 0 bridgehead atoms. The second kappa shape index (κ2) is 12.5. The molecule has 0 radical (unpaired) electrons. The Balaban J connectivity index is 1.25. The maximum absolute atomic E-state index is 12.7. The second-order valence-electron chi connectivity index (χ2n) is 9.20. The van der Waals surface area contributed by atoms with Gasteiger partial charge >= 0.3 is 11.9 Å². The number of hydrogen-bond acceptors (Lipinski definition) is 9. The summed E-state index contributed by atoms with van der Waals surface area (Å²) in [5.74, 6) is -3.01. The summed E-state index contributed by atoms with van der Waals surface area (Å²) < 4.78 is 0. The average molecular weight is 561 g/mol. The fraction of sp³-hybridized carbons (Fsp3) is 0.222. The van der Waals surface area contributed by atoms with Gasteiger partial charge in [0.25, 0.3) is 11.8 Å². The molecule has 0 aliphatic rings. The first kappa shape index (κ1) is 28.5. The number of hydrogen-bond donors (Lipinski definition) is 7. The minimum atomic E-state index is -1.20. The highest BCUT2D eigenvalue weighted by Gasteiger charge is 2.21. The van der Waals surface area contributed by atoms with E-state index in [-0.39, 0.29) is 36.6 Å². The van der Waals surface area contributed by atoms with Gasteiger partial charge in [0.1, 0.15) is 23.2 Å². The molecule has 0 aliphatic heterocycles. The number of aromatic amines is 1. The molecule has 14 heteroatoms. The molecule has 1 aromatic carbocycles.